The van der Waals surface area contributed by atoms with Gasteiger partial charge in [-0.25, -0.2) is 0 Å². The van der Waals surface area contributed by atoms with Gasteiger partial charge >= 0.3 is 0 Å². The van der Waals surface area contributed by atoms with Crippen LogP contribution in [0.2, 0.25) is 0 Å². The van der Waals surface area contributed by atoms with Crippen LogP contribution >= 0.6 is 11.8 Å². The zero-order chi connectivity index (χ0) is 19.9. The van der Waals surface area contributed by atoms with Crippen LogP contribution in [0.1, 0.15) is 24.4 Å². The van der Waals surface area contributed by atoms with E-state index >= 15 is 0 Å². The Kier molecular flexibility index (Phi) is 7.12. The highest BCUT2D eigenvalue weighted by Crippen LogP contribution is 2.26. The number of likely N-dealkylation sites (N-methyl/N-ethyl adjacent to an activating group) is 1. The van der Waals surface area contributed by atoms with Gasteiger partial charge in [0.25, 0.3) is 0 Å². The van der Waals surface area contributed by atoms with Crippen molar-refractivity contribution in [2.75, 3.05) is 38.3 Å². The molecule has 1 N–H and O–H groups in total. The average molecular weight is 398 g/mol. The largest absolute Gasteiger partial charge is 0.341 e. The molecule has 0 radical (unpaired) electrons. The molecule has 0 aromatic heterocycles. The number of benzene rings is 2. The van der Waals surface area contributed by atoms with Crippen LogP contribution in [0.3, 0.4) is 0 Å². The fourth-order valence-electron chi connectivity index (χ4n) is 3.59. The Balaban J connectivity index is 1.74. The highest BCUT2D eigenvalue weighted by atomic mass is 32.2. The number of carbonyl (C=O) groups excluding carboxylic acids is 2. The highest BCUT2D eigenvalue weighted by Gasteiger charge is 2.31. The van der Waals surface area contributed by atoms with E-state index in [-0.39, 0.29) is 18.4 Å². The predicted molar refractivity (Wildman–Crippen MR) is 114 cm³/mol. The number of anilines is 1. The van der Waals surface area contributed by atoms with Crippen molar-refractivity contribution in [2.24, 2.45) is 0 Å². The van der Waals surface area contributed by atoms with Crippen LogP contribution in [0.15, 0.2) is 59.5 Å². The van der Waals surface area contributed by atoms with Crippen molar-refractivity contribution in [1.82, 2.24) is 9.80 Å². The summed E-state index contributed by atoms with van der Waals surface area (Å²) < 4.78 is 0. The summed E-state index contributed by atoms with van der Waals surface area (Å²) in [5.74, 6) is -0.0531. The van der Waals surface area contributed by atoms with Gasteiger partial charge in [0.05, 0.1) is 12.2 Å². The lowest BCUT2D eigenvalue weighted by Gasteiger charge is -2.30. The molecule has 1 saturated heterocycles. The van der Waals surface area contributed by atoms with Crippen molar-refractivity contribution in [3.63, 3.8) is 0 Å². The van der Waals surface area contributed by atoms with Gasteiger partial charge in [-0.05, 0) is 43.8 Å². The van der Waals surface area contributed by atoms with Crippen molar-refractivity contribution < 1.29 is 9.59 Å². The minimum absolute atomic E-state index is 0.0727. The maximum Gasteiger partial charge on any atom is 0.244 e. The lowest BCUT2D eigenvalue weighted by Crippen LogP contribution is -2.43. The molecule has 0 bridgehead atoms. The van der Waals surface area contributed by atoms with Crippen molar-refractivity contribution in [3.05, 3.63) is 60.2 Å². The number of hydrogen-bond donors (Lipinski definition) is 1. The number of hydrogen-bond acceptors (Lipinski definition) is 4. The van der Waals surface area contributed by atoms with Crippen molar-refractivity contribution in [3.8, 4) is 0 Å². The van der Waals surface area contributed by atoms with Crippen LogP contribution < -0.4 is 5.32 Å². The normalized spacial score (nSPS) is 14.9. The van der Waals surface area contributed by atoms with Gasteiger partial charge in [-0.1, -0.05) is 42.5 Å². The second-order valence-electron chi connectivity index (χ2n) is 7.01. The van der Waals surface area contributed by atoms with E-state index in [0.717, 1.165) is 42.1 Å². The van der Waals surface area contributed by atoms with Gasteiger partial charge in [0.15, 0.2) is 0 Å². The molecule has 1 fully saturated rings. The van der Waals surface area contributed by atoms with Gasteiger partial charge in [-0.3, -0.25) is 14.5 Å². The smallest absolute Gasteiger partial charge is 0.244 e. The summed E-state index contributed by atoms with van der Waals surface area (Å²) in [5, 5.41) is 2.98. The zero-order valence-corrected chi connectivity index (χ0v) is 17.2. The van der Waals surface area contributed by atoms with E-state index in [9.17, 15) is 9.59 Å². The lowest BCUT2D eigenvalue weighted by atomic mass is 10.0. The van der Waals surface area contributed by atoms with E-state index in [1.54, 1.807) is 11.8 Å². The van der Waals surface area contributed by atoms with E-state index in [1.165, 1.54) is 0 Å². The first-order chi connectivity index (χ1) is 13.6. The molecule has 0 aliphatic carbocycles. The number of nitrogens with zero attached hydrogens (tertiary/aromatic N) is 2. The SMILES string of the molecule is CSc1ccccc1NC(=O)CN(C)C(C(=O)N1CCCC1)c1ccccc1. The Bertz CT molecular complexity index is 806. The van der Waals surface area contributed by atoms with Crippen LogP contribution in [0.5, 0.6) is 0 Å². The Morgan fingerprint density at radius 3 is 2.39 bits per heavy atom. The summed E-state index contributed by atoms with van der Waals surface area (Å²) in [5.41, 5.74) is 1.72. The second kappa shape index (κ2) is 9.75. The van der Waals surface area contributed by atoms with Crippen LogP contribution in [-0.4, -0.2) is 54.6 Å². The number of likely N-dealkylation sites (tertiary alicyclic amines) is 1. The molecule has 0 spiro atoms. The molecular weight excluding hydrogens is 370 g/mol. The molecule has 6 heteroatoms. The fourth-order valence-corrected chi connectivity index (χ4v) is 4.14. The van der Waals surface area contributed by atoms with Crippen LogP contribution in [0.25, 0.3) is 0 Å². The van der Waals surface area contributed by atoms with Crippen molar-refractivity contribution in [2.45, 2.75) is 23.8 Å². The van der Waals surface area contributed by atoms with Gasteiger partial charge in [-0.2, -0.15) is 0 Å². The number of nitrogens with one attached hydrogen (secondary N) is 1. The Hall–Kier alpha value is -2.31. The van der Waals surface area contributed by atoms with E-state index in [1.807, 2.05) is 77.7 Å². The Morgan fingerprint density at radius 1 is 1.07 bits per heavy atom. The molecule has 5 nitrogen and oxygen atoms in total. The van der Waals surface area contributed by atoms with Crippen LogP contribution in [-0.2, 0) is 9.59 Å². The standard InChI is InChI=1S/C22H27N3O2S/c1-24(16-20(26)23-18-12-6-7-13-19(18)28-2)21(17-10-4-3-5-11-17)22(27)25-14-8-9-15-25/h3-7,10-13,21H,8-9,14-16H2,1-2H3,(H,23,26). The maximum atomic E-state index is 13.2. The summed E-state index contributed by atoms with van der Waals surface area (Å²) in [6.45, 7) is 1.73. The van der Waals surface area contributed by atoms with Crippen molar-refractivity contribution in [1.29, 1.82) is 0 Å². The summed E-state index contributed by atoms with van der Waals surface area (Å²) in [6.07, 6.45) is 4.07. The molecule has 28 heavy (non-hydrogen) atoms. The van der Waals surface area contributed by atoms with Gasteiger partial charge in [0, 0.05) is 18.0 Å². The van der Waals surface area contributed by atoms with Gasteiger partial charge < -0.3 is 10.2 Å². The number of rotatable bonds is 7. The quantitative estimate of drug-likeness (QED) is 0.725. The summed E-state index contributed by atoms with van der Waals surface area (Å²) >= 11 is 1.59. The van der Waals surface area contributed by atoms with E-state index < -0.39 is 6.04 Å². The van der Waals surface area contributed by atoms with E-state index in [2.05, 4.69) is 5.32 Å². The number of carbonyl (C=O) groups is 2. The Labute approximate surface area is 171 Å². The summed E-state index contributed by atoms with van der Waals surface area (Å²) in [4.78, 5) is 30.6. The molecule has 0 saturated carbocycles. The summed E-state index contributed by atoms with van der Waals surface area (Å²) in [7, 11) is 1.84. The first-order valence-electron chi connectivity index (χ1n) is 9.57. The summed E-state index contributed by atoms with van der Waals surface area (Å²) in [6, 6.07) is 17.0. The third kappa shape index (κ3) is 4.94. The minimum atomic E-state index is -0.458. The molecule has 1 aliphatic heterocycles. The number of amides is 2. The van der Waals surface area contributed by atoms with E-state index in [4.69, 9.17) is 0 Å². The second-order valence-corrected chi connectivity index (χ2v) is 7.86. The molecule has 1 heterocycles. The van der Waals surface area contributed by atoms with Crippen LogP contribution in [0, 0.1) is 0 Å². The molecule has 2 aromatic rings. The first-order valence-corrected chi connectivity index (χ1v) is 10.8. The number of thioether (sulfide) groups is 1. The molecule has 3 rings (SSSR count). The molecule has 148 valence electrons. The van der Waals surface area contributed by atoms with Crippen molar-refractivity contribution >= 4 is 29.3 Å². The van der Waals surface area contributed by atoms with Gasteiger partial charge in [-0.15, -0.1) is 11.8 Å². The van der Waals surface area contributed by atoms with Crippen LogP contribution in [0.4, 0.5) is 5.69 Å². The monoisotopic (exact) mass is 397 g/mol. The molecule has 1 atom stereocenters. The highest BCUT2D eigenvalue weighted by molar-refractivity contribution is 7.98. The third-order valence-electron chi connectivity index (χ3n) is 4.98. The topological polar surface area (TPSA) is 52.7 Å². The predicted octanol–water partition coefficient (Wildman–Crippen LogP) is 3.64. The number of para-hydroxylation sites is 1. The Morgan fingerprint density at radius 2 is 1.71 bits per heavy atom. The molecule has 2 amide bonds. The maximum absolute atomic E-state index is 13.2. The lowest BCUT2D eigenvalue weighted by molar-refractivity contribution is -0.136. The minimum Gasteiger partial charge on any atom is -0.341 e. The fraction of sp³-hybridized carbons (Fsp3) is 0.364. The van der Waals surface area contributed by atoms with Gasteiger partial charge in [0.2, 0.25) is 11.8 Å². The molecule has 2 aromatic carbocycles. The zero-order valence-electron chi connectivity index (χ0n) is 16.4. The van der Waals surface area contributed by atoms with E-state index in [0.29, 0.717) is 0 Å². The molecule has 1 aliphatic rings. The third-order valence-corrected chi connectivity index (χ3v) is 5.78. The average Bonchev–Trinajstić information content (AvgIpc) is 3.24. The molecular formula is C22H27N3O2S. The first kappa shape index (κ1) is 20.4. The molecule has 1 unspecified atom stereocenters. The van der Waals surface area contributed by atoms with Gasteiger partial charge in [0.1, 0.15) is 6.04 Å².